The number of hydrogen-bond donors (Lipinski definition) is 0. The Kier molecular flexibility index (Phi) is 1.62. The highest BCUT2D eigenvalue weighted by molar-refractivity contribution is 9.10. The third-order valence-electron chi connectivity index (χ3n) is 1.44. The average molecular weight is 231 g/mol. The van der Waals surface area contributed by atoms with E-state index in [1.54, 1.807) is 6.20 Å². The van der Waals surface area contributed by atoms with Crippen LogP contribution in [-0.4, -0.2) is 9.38 Å². The third kappa shape index (κ3) is 1.14. The van der Waals surface area contributed by atoms with Gasteiger partial charge in [-0.25, -0.2) is 4.98 Å². The van der Waals surface area contributed by atoms with Gasteiger partial charge < -0.3 is 4.40 Å². The lowest BCUT2D eigenvalue weighted by Gasteiger charge is -1.96. The van der Waals surface area contributed by atoms with E-state index in [1.165, 1.54) is 0 Å². The van der Waals surface area contributed by atoms with Crippen LogP contribution in [0.3, 0.4) is 0 Å². The number of imidazole rings is 1. The number of aromatic nitrogens is 2. The minimum absolute atomic E-state index is 0.690. The maximum absolute atomic E-state index is 5.85. The van der Waals surface area contributed by atoms with Gasteiger partial charge in [-0.2, -0.15) is 0 Å². The first kappa shape index (κ1) is 7.13. The summed E-state index contributed by atoms with van der Waals surface area (Å²) in [5, 5.41) is 0.690. The van der Waals surface area contributed by atoms with Gasteiger partial charge in [0.2, 0.25) is 0 Å². The number of hydrogen-bond acceptors (Lipinski definition) is 1. The van der Waals surface area contributed by atoms with Crippen LogP contribution in [0.4, 0.5) is 0 Å². The van der Waals surface area contributed by atoms with Crippen molar-refractivity contribution in [2.75, 3.05) is 0 Å². The van der Waals surface area contributed by atoms with Gasteiger partial charge in [-0.3, -0.25) is 0 Å². The molecule has 0 N–H and O–H groups in total. The van der Waals surface area contributed by atoms with Crippen LogP contribution in [0.5, 0.6) is 0 Å². The standard InChI is InChI=1S/C7H4BrClN2/c8-5-3-7-10-1-2-11(7)4-6(5)9/h1-4H. The SMILES string of the molecule is Clc1cn2ccnc2cc1Br. The second kappa shape index (κ2) is 2.50. The number of pyridine rings is 1. The van der Waals surface area contributed by atoms with Crippen LogP contribution >= 0.6 is 27.5 Å². The fourth-order valence-corrected chi connectivity index (χ4v) is 1.38. The summed E-state index contributed by atoms with van der Waals surface area (Å²) < 4.78 is 2.74. The Hall–Kier alpha value is -0.540. The zero-order valence-electron chi connectivity index (χ0n) is 5.46. The molecule has 0 aliphatic rings. The average Bonchev–Trinajstić information content (AvgIpc) is 2.36. The molecule has 2 aromatic heterocycles. The molecule has 4 heteroatoms. The van der Waals surface area contributed by atoms with Crippen LogP contribution < -0.4 is 0 Å². The van der Waals surface area contributed by atoms with Crippen molar-refractivity contribution in [3.63, 3.8) is 0 Å². The van der Waals surface area contributed by atoms with Crippen molar-refractivity contribution in [2.24, 2.45) is 0 Å². The van der Waals surface area contributed by atoms with Crippen molar-refractivity contribution < 1.29 is 0 Å². The Balaban J connectivity index is 2.86. The molecule has 0 aromatic carbocycles. The van der Waals surface area contributed by atoms with Crippen molar-refractivity contribution in [2.45, 2.75) is 0 Å². The smallest absolute Gasteiger partial charge is 0.137 e. The summed E-state index contributed by atoms with van der Waals surface area (Å²) in [6.45, 7) is 0. The lowest BCUT2D eigenvalue weighted by atomic mass is 10.5. The predicted molar refractivity (Wildman–Crippen MR) is 47.9 cm³/mol. The molecule has 0 unspecified atom stereocenters. The molecule has 0 amide bonds. The van der Waals surface area contributed by atoms with Gasteiger partial charge in [0, 0.05) is 23.1 Å². The van der Waals surface area contributed by atoms with Crippen LogP contribution in [0.25, 0.3) is 5.65 Å². The molecule has 2 heterocycles. The molecule has 0 radical (unpaired) electrons. The Bertz CT molecular complexity index is 360. The molecule has 0 spiro atoms. The van der Waals surface area contributed by atoms with Gasteiger partial charge in [0.05, 0.1) is 5.02 Å². The van der Waals surface area contributed by atoms with E-state index >= 15 is 0 Å². The van der Waals surface area contributed by atoms with Crippen molar-refractivity contribution in [3.05, 3.63) is 34.2 Å². The van der Waals surface area contributed by atoms with E-state index in [0.29, 0.717) is 5.02 Å². The molecule has 0 bridgehead atoms. The van der Waals surface area contributed by atoms with Gasteiger partial charge in [0.25, 0.3) is 0 Å². The van der Waals surface area contributed by atoms with E-state index in [9.17, 15) is 0 Å². The molecule has 0 fully saturated rings. The Morgan fingerprint density at radius 3 is 3.18 bits per heavy atom. The van der Waals surface area contributed by atoms with Crippen LogP contribution in [0.1, 0.15) is 0 Å². The lowest BCUT2D eigenvalue weighted by molar-refractivity contribution is 1.18. The lowest BCUT2D eigenvalue weighted by Crippen LogP contribution is -1.82. The molecule has 2 nitrogen and oxygen atoms in total. The van der Waals surface area contributed by atoms with Gasteiger partial charge >= 0.3 is 0 Å². The molecule has 2 rings (SSSR count). The number of halogens is 2. The Morgan fingerprint density at radius 2 is 2.36 bits per heavy atom. The van der Waals surface area contributed by atoms with E-state index in [1.807, 2.05) is 22.9 Å². The highest BCUT2D eigenvalue weighted by atomic mass is 79.9. The number of nitrogens with zero attached hydrogens (tertiary/aromatic N) is 2. The van der Waals surface area contributed by atoms with Crippen LogP contribution in [0, 0.1) is 0 Å². The first-order valence-electron chi connectivity index (χ1n) is 3.05. The molecule has 11 heavy (non-hydrogen) atoms. The van der Waals surface area contributed by atoms with Gasteiger partial charge in [-0.15, -0.1) is 0 Å². The van der Waals surface area contributed by atoms with Crippen LogP contribution in [-0.2, 0) is 0 Å². The van der Waals surface area contributed by atoms with E-state index in [2.05, 4.69) is 20.9 Å². The molecule has 2 aromatic rings. The highest BCUT2D eigenvalue weighted by Crippen LogP contribution is 2.22. The quantitative estimate of drug-likeness (QED) is 0.681. The summed E-state index contributed by atoms with van der Waals surface area (Å²) in [7, 11) is 0. The second-order valence-electron chi connectivity index (χ2n) is 2.16. The maximum Gasteiger partial charge on any atom is 0.137 e. The normalized spacial score (nSPS) is 10.7. The summed E-state index contributed by atoms with van der Waals surface area (Å²) in [6.07, 6.45) is 5.40. The zero-order valence-corrected chi connectivity index (χ0v) is 7.80. The monoisotopic (exact) mass is 230 g/mol. The fourth-order valence-electron chi connectivity index (χ4n) is 0.912. The Morgan fingerprint density at radius 1 is 1.55 bits per heavy atom. The largest absolute Gasteiger partial charge is 0.306 e. The topological polar surface area (TPSA) is 17.3 Å². The molecular weight excluding hydrogens is 227 g/mol. The van der Waals surface area contributed by atoms with Crippen LogP contribution in [0.2, 0.25) is 5.02 Å². The molecule has 0 aliphatic carbocycles. The number of fused-ring (bicyclic) bond motifs is 1. The molecule has 0 aliphatic heterocycles. The van der Waals surface area contributed by atoms with E-state index in [4.69, 9.17) is 11.6 Å². The molecule has 56 valence electrons. The van der Waals surface area contributed by atoms with Gasteiger partial charge in [0.1, 0.15) is 5.65 Å². The minimum Gasteiger partial charge on any atom is -0.306 e. The summed E-state index contributed by atoms with van der Waals surface area (Å²) in [6, 6.07) is 1.88. The molecule has 0 saturated heterocycles. The summed E-state index contributed by atoms with van der Waals surface area (Å²) in [5.74, 6) is 0. The zero-order chi connectivity index (χ0) is 7.84. The van der Waals surface area contributed by atoms with Crippen molar-refractivity contribution >= 4 is 33.2 Å². The van der Waals surface area contributed by atoms with E-state index in [-0.39, 0.29) is 0 Å². The molecular formula is C7H4BrClN2. The predicted octanol–water partition coefficient (Wildman–Crippen LogP) is 2.75. The van der Waals surface area contributed by atoms with Gasteiger partial charge in [-0.1, -0.05) is 11.6 Å². The van der Waals surface area contributed by atoms with Gasteiger partial charge in [0.15, 0.2) is 0 Å². The Labute approximate surface area is 76.9 Å². The highest BCUT2D eigenvalue weighted by Gasteiger charge is 1.99. The molecule has 0 saturated carbocycles. The third-order valence-corrected chi connectivity index (χ3v) is 2.62. The van der Waals surface area contributed by atoms with E-state index < -0.39 is 0 Å². The fraction of sp³-hybridized carbons (Fsp3) is 0. The molecule has 0 atom stereocenters. The number of rotatable bonds is 0. The minimum atomic E-state index is 0.690. The van der Waals surface area contributed by atoms with Gasteiger partial charge in [-0.05, 0) is 22.0 Å². The first-order chi connectivity index (χ1) is 5.27. The van der Waals surface area contributed by atoms with Crippen molar-refractivity contribution in [1.82, 2.24) is 9.38 Å². The summed E-state index contributed by atoms with van der Waals surface area (Å²) in [5.41, 5.74) is 0.890. The first-order valence-corrected chi connectivity index (χ1v) is 4.22. The maximum atomic E-state index is 5.85. The van der Waals surface area contributed by atoms with Crippen molar-refractivity contribution in [1.29, 1.82) is 0 Å². The second-order valence-corrected chi connectivity index (χ2v) is 3.42. The summed E-state index contributed by atoms with van der Waals surface area (Å²) in [4.78, 5) is 4.09. The van der Waals surface area contributed by atoms with Crippen LogP contribution in [0.15, 0.2) is 29.1 Å². The van der Waals surface area contributed by atoms with E-state index in [0.717, 1.165) is 10.1 Å². The summed E-state index contributed by atoms with van der Waals surface area (Å²) >= 11 is 9.16. The van der Waals surface area contributed by atoms with Crippen molar-refractivity contribution in [3.8, 4) is 0 Å².